The van der Waals surface area contributed by atoms with E-state index < -0.39 is 5.97 Å². The maximum Gasteiger partial charge on any atom is 0.406 e. The number of fused-ring (bicyclic) bond motifs is 1. The number of ketones is 1. The zero-order chi connectivity index (χ0) is 16.7. The van der Waals surface area contributed by atoms with E-state index in [4.69, 9.17) is 5.11 Å². The molecule has 0 unspecified atom stereocenters. The maximum absolute atomic E-state index is 11.8. The van der Waals surface area contributed by atoms with Crippen molar-refractivity contribution >= 4 is 23.3 Å². The molecule has 0 bridgehead atoms. The van der Waals surface area contributed by atoms with Gasteiger partial charge in [-0.2, -0.15) is 0 Å². The van der Waals surface area contributed by atoms with Gasteiger partial charge in [0.1, 0.15) is 5.69 Å². The standard InChI is InChI=1S/C17H20N2O4/c20-15-6-4-5-12-11-13(9-10-14(12)15)18-16(19-23)7-2-1-3-8-17(21)22/h9-11H,1-8H2,(H,21,22)/p+1. The summed E-state index contributed by atoms with van der Waals surface area (Å²) in [5, 5.41) is 11.6. The monoisotopic (exact) mass is 317 g/mol. The number of carbonyl (C=O) groups excluding carboxylic acids is 1. The van der Waals surface area contributed by atoms with Crippen LogP contribution in [0.1, 0.15) is 60.9 Å². The van der Waals surface area contributed by atoms with Crippen molar-refractivity contribution in [3.05, 3.63) is 34.2 Å². The minimum Gasteiger partial charge on any atom is -0.481 e. The Morgan fingerprint density at radius 3 is 2.70 bits per heavy atom. The van der Waals surface area contributed by atoms with Crippen molar-refractivity contribution in [3.8, 4) is 0 Å². The molecule has 0 spiro atoms. The van der Waals surface area contributed by atoms with Gasteiger partial charge in [-0.25, -0.2) is 5.32 Å². The summed E-state index contributed by atoms with van der Waals surface area (Å²) >= 11 is 0. The van der Waals surface area contributed by atoms with Crippen LogP contribution < -0.4 is 10.2 Å². The quantitative estimate of drug-likeness (QED) is 0.349. The first-order valence-corrected chi connectivity index (χ1v) is 7.94. The van der Waals surface area contributed by atoms with Crippen LogP contribution in [0.4, 0.5) is 5.69 Å². The van der Waals surface area contributed by atoms with Crippen LogP contribution >= 0.6 is 0 Å². The Morgan fingerprint density at radius 1 is 1.17 bits per heavy atom. The molecule has 1 aromatic carbocycles. The van der Waals surface area contributed by atoms with Crippen LogP contribution in [0.15, 0.2) is 18.2 Å². The van der Waals surface area contributed by atoms with Crippen LogP contribution in [0, 0.1) is 4.91 Å². The molecule has 6 heteroatoms. The Labute approximate surface area is 134 Å². The van der Waals surface area contributed by atoms with Crippen LogP contribution in [-0.4, -0.2) is 22.7 Å². The first kappa shape index (κ1) is 16.9. The highest BCUT2D eigenvalue weighted by molar-refractivity contribution is 6.00. The number of amidine groups is 1. The van der Waals surface area contributed by atoms with E-state index in [1.807, 2.05) is 6.07 Å². The molecule has 0 aromatic heterocycles. The number of benzene rings is 1. The lowest BCUT2D eigenvalue weighted by Gasteiger charge is -2.14. The highest BCUT2D eigenvalue weighted by Gasteiger charge is 2.19. The van der Waals surface area contributed by atoms with E-state index >= 15 is 0 Å². The zero-order valence-corrected chi connectivity index (χ0v) is 13.0. The average Bonchev–Trinajstić information content (AvgIpc) is 2.53. The predicted octanol–water partition coefficient (Wildman–Crippen LogP) is 2.88. The fraction of sp³-hybridized carbons (Fsp3) is 0.471. The third-order valence-electron chi connectivity index (χ3n) is 3.96. The van der Waals surface area contributed by atoms with E-state index in [0.29, 0.717) is 31.5 Å². The van der Waals surface area contributed by atoms with E-state index in [1.54, 1.807) is 12.1 Å². The molecule has 2 N–H and O–H groups in total. The molecule has 2 rings (SSSR count). The molecule has 1 aromatic rings. The fourth-order valence-corrected chi connectivity index (χ4v) is 2.77. The lowest BCUT2D eigenvalue weighted by Crippen LogP contribution is -2.16. The van der Waals surface area contributed by atoms with Gasteiger partial charge in [0.2, 0.25) is 0 Å². The van der Waals surface area contributed by atoms with Gasteiger partial charge < -0.3 is 5.11 Å². The van der Waals surface area contributed by atoms with E-state index in [0.717, 1.165) is 36.1 Å². The van der Waals surface area contributed by atoms with E-state index in [1.165, 1.54) is 0 Å². The van der Waals surface area contributed by atoms with Gasteiger partial charge in [0, 0.05) is 23.3 Å². The van der Waals surface area contributed by atoms with Gasteiger partial charge in [0.25, 0.3) is 0 Å². The first-order valence-electron chi connectivity index (χ1n) is 7.94. The zero-order valence-electron chi connectivity index (χ0n) is 13.0. The number of aryl methyl sites for hydroxylation is 1. The normalized spacial score (nSPS) is 13.1. The number of aliphatic carboxylic acids is 1. The van der Waals surface area contributed by atoms with Crippen LogP contribution in [0.2, 0.25) is 0 Å². The lowest BCUT2D eigenvalue weighted by atomic mass is 9.90. The summed E-state index contributed by atoms with van der Waals surface area (Å²) in [5.41, 5.74) is 2.55. The number of hydrogen-bond donors (Lipinski definition) is 2. The molecule has 1 aliphatic rings. The Bertz CT molecular complexity index is 648. The van der Waals surface area contributed by atoms with Gasteiger partial charge in [-0.1, -0.05) is 6.42 Å². The van der Waals surface area contributed by atoms with Crippen LogP contribution in [-0.2, 0) is 11.2 Å². The Morgan fingerprint density at radius 2 is 1.96 bits per heavy atom. The van der Waals surface area contributed by atoms with Crippen molar-refractivity contribution in [3.63, 3.8) is 0 Å². The molecule has 0 atom stereocenters. The number of nitroso groups, excluding NO2 is 1. The van der Waals surface area contributed by atoms with Gasteiger partial charge in [0.05, 0.1) is 11.3 Å². The predicted molar refractivity (Wildman–Crippen MR) is 88.6 cm³/mol. The van der Waals surface area contributed by atoms with Gasteiger partial charge in [-0.05, 0) is 49.4 Å². The van der Waals surface area contributed by atoms with Gasteiger partial charge in [0.15, 0.2) is 5.78 Å². The number of hydrogen-bond acceptors (Lipinski definition) is 3. The van der Waals surface area contributed by atoms with Crippen LogP contribution in [0.3, 0.4) is 0 Å². The fourth-order valence-electron chi connectivity index (χ4n) is 2.77. The largest absolute Gasteiger partial charge is 0.481 e. The number of Topliss-reactive ketones (excluding diaryl/α,β-unsaturated/α-hetero) is 1. The number of nitrogens with zero attached hydrogens (tertiary/aromatic N) is 1. The molecular weight excluding hydrogens is 296 g/mol. The Balaban J connectivity index is 1.88. The summed E-state index contributed by atoms with van der Waals surface area (Å²) in [5.74, 6) is -0.291. The molecule has 0 aliphatic heterocycles. The number of anilines is 1. The number of unbranched alkanes of at least 4 members (excludes halogenated alkanes) is 2. The number of carboxylic acid groups (broad SMARTS) is 1. The van der Waals surface area contributed by atoms with Crippen molar-refractivity contribution in [1.29, 1.82) is 0 Å². The highest BCUT2D eigenvalue weighted by atomic mass is 16.4. The second-order valence-electron chi connectivity index (χ2n) is 5.77. The van der Waals surface area contributed by atoms with Crippen molar-refractivity contribution in [2.45, 2.75) is 51.4 Å². The number of nitrogens with one attached hydrogen (secondary N) is 1. The molecule has 0 saturated heterocycles. The Hall–Kier alpha value is -2.46. The highest BCUT2D eigenvalue weighted by Crippen LogP contribution is 2.24. The molecule has 1 aliphatic carbocycles. The minimum absolute atomic E-state index is 0.149. The third kappa shape index (κ3) is 5.04. The second kappa shape index (κ2) is 8.25. The van der Waals surface area contributed by atoms with Gasteiger partial charge in [-0.15, -0.1) is 0 Å². The van der Waals surface area contributed by atoms with Crippen molar-refractivity contribution in [2.24, 2.45) is 0 Å². The molecule has 122 valence electrons. The van der Waals surface area contributed by atoms with Crippen LogP contribution in [0.25, 0.3) is 0 Å². The molecule has 0 saturated carbocycles. The lowest BCUT2D eigenvalue weighted by molar-refractivity contribution is -0.137. The number of carboxylic acids is 1. The van der Waals surface area contributed by atoms with Crippen molar-refractivity contribution in [1.82, 2.24) is 4.85 Å². The van der Waals surface area contributed by atoms with Crippen molar-refractivity contribution in [2.75, 3.05) is 5.32 Å². The molecule has 0 heterocycles. The van der Waals surface area contributed by atoms with Gasteiger partial charge in [-0.3, -0.25) is 9.59 Å². The summed E-state index contributed by atoms with van der Waals surface area (Å²) in [6.45, 7) is 0. The summed E-state index contributed by atoms with van der Waals surface area (Å²) in [7, 11) is 0. The summed E-state index contributed by atoms with van der Waals surface area (Å²) in [6, 6.07) is 5.49. The minimum atomic E-state index is -0.801. The summed E-state index contributed by atoms with van der Waals surface area (Å²) in [4.78, 5) is 36.2. The SMILES string of the molecule is O=[N+]=C(CCCCCC(=O)O)Nc1ccc2c(c1)CCCC2=O. The van der Waals surface area contributed by atoms with E-state index in [9.17, 15) is 14.5 Å². The summed E-state index contributed by atoms with van der Waals surface area (Å²) in [6.07, 6.45) is 5.02. The van der Waals surface area contributed by atoms with Gasteiger partial charge >= 0.3 is 11.8 Å². The van der Waals surface area contributed by atoms with Crippen molar-refractivity contribution < 1.29 is 14.7 Å². The number of carbonyl (C=O) groups is 2. The maximum atomic E-state index is 11.8. The average molecular weight is 317 g/mol. The third-order valence-corrected chi connectivity index (χ3v) is 3.96. The van der Waals surface area contributed by atoms with E-state index in [2.05, 4.69) is 10.2 Å². The second-order valence-corrected chi connectivity index (χ2v) is 5.77. The topological polar surface area (TPSA) is 97.6 Å². The van der Waals surface area contributed by atoms with E-state index in [-0.39, 0.29) is 12.2 Å². The molecule has 0 fully saturated rings. The van der Waals surface area contributed by atoms with Crippen LogP contribution in [0.5, 0.6) is 0 Å². The molecule has 0 amide bonds. The molecule has 0 radical (unpaired) electrons. The molecular formula is C17H21N2O4+. The first-order chi connectivity index (χ1) is 11.1. The number of rotatable bonds is 7. The summed E-state index contributed by atoms with van der Waals surface area (Å²) < 4.78 is 0. The Kier molecular flexibility index (Phi) is 6.06. The smallest absolute Gasteiger partial charge is 0.406 e. The molecule has 23 heavy (non-hydrogen) atoms. The molecule has 6 nitrogen and oxygen atoms in total.